The van der Waals surface area contributed by atoms with Gasteiger partial charge in [-0.3, -0.25) is 0 Å². The number of anilines is 1. The zero-order valence-corrected chi connectivity index (χ0v) is 12.1. The molecule has 1 atom stereocenters. The number of pyridine rings is 1. The Bertz CT molecular complexity index is 570. The fraction of sp³-hybridized carbons (Fsp3) is 0.312. The first-order chi connectivity index (χ1) is 9.63. The summed E-state index contributed by atoms with van der Waals surface area (Å²) in [5.74, 6) is 1.64. The van der Waals surface area contributed by atoms with E-state index in [1.165, 1.54) is 0 Å². The lowest BCUT2D eigenvalue weighted by Gasteiger charge is -2.23. The molecule has 4 heteroatoms. The summed E-state index contributed by atoms with van der Waals surface area (Å²) < 4.78 is 5.36. The maximum Gasteiger partial charge on any atom is 0.134 e. The third kappa shape index (κ3) is 3.08. The van der Waals surface area contributed by atoms with E-state index in [-0.39, 0.29) is 0 Å². The molecule has 1 heterocycles. The van der Waals surface area contributed by atoms with Crippen molar-refractivity contribution in [3.63, 3.8) is 0 Å². The van der Waals surface area contributed by atoms with E-state index in [0.29, 0.717) is 6.54 Å². The summed E-state index contributed by atoms with van der Waals surface area (Å²) in [4.78, 5) is 6.39. The van der Waals surface area contributed by atoms with Gasteiger partial charge in [0, 0.05) is 30.9 Å². The molecule has 0 amide bonds. The zero-order valence-electron chi connectivity index (χ0n) is 12.1. The van der Waals surface area contributed by atoms with Crippen molar-refractivity contribution in [2.45, 2.75) is 19.6 Å². The van der Waals surface area contributed by atoms with Crippen LogP contribution in [0, 0.1) is 0 Å². The van der Waals surface area contributed by atoms with Crippen molar-refractivity contribution in [1.29, 1.82) is 0 Å². The predicted molar refractivity (Wildman–Crippen MR) is 80.0 cm³/mol. The Kier molecular flexibility index (Phi) is 4.58. The summed E-state index contributed by atoms with van der Waals surface area (Å²) in [6.45, 7) is 2.41. The first-order valence-corrected chi connectivity index (χ1v) is 6.59. The van der Waals surface area contributed by atoms with E-state index in [0.717, 1.165) is 22.7 Å². The van der Waals surface area contributed by atoms with Gasteiger partial charge in [-0.1, -0.05) is 24.3 Å². The highest BCUT2D eigenvalue weighted by atomic mass is 16.5. The maximum atomic E-state index is 9.83. The van der Waals surface area contributed by atoms with E-state index in [1.807, 2.05) is 48.3 Å². The van der Waals surface area contributed by atoms with Crippen LogP contribution in [0.15, 0.2) is 42.6 Å². The van der Waals surface area contributed by atoms with Crippen molar-refractivity contribution in [3.8, 4) is 5.75 Å². The lowest BCUT2D eigenvalue weighted by atomic mass is 10.1. The molecule has 0 aliphatic rings. The predicted octanol–water partition coefficient (Wildman–Crippen LogP) is 2.78. The molecule has 2 aromatic rings. The van der Waals surface area contributed by atoms with Crippen LogP contribution in [0.25, 0.3) is 0 Å². The number of rotatable bonds is 5. The van der Waals surface area contributed by atoms with Crippen molar-refractivity contribution in [2.75, 3.05) is 19.1 Å². The summed E-state index contributed by atoms with van der Waals surface area (Å²) in [5, 5.41) is 9.83. The minimum absolute atomic E-state index is 0.543. The third-order valence-electron chi connectivity index (χ3n) is 3.23. The molecule has 4 nitrogen and oxygen atoms in total. The van der Waals surface area contributed by atoms with Gasteiger partial charge in [0.2, 0.25) is 0 Å². The van der Waals surface area contributed by atoms with Gasteiger partial charge in [-0.25, -0.2) is 4.98 Å². The number of hydrogen-bond acceptors (Lipinski definition) is 4. The second kappa shape index (κ2) is 6.39. The number of para-hydroxylation sites is 1. The summed E-state index contributed by atoms with van der Waals surface area (Å²) in [5.41, 5.74) is 1.91. The van der Waals surface area contributed by atoms with Crippen molar-refractivity contribution >= 4 is 5.82 Å². The van der Waals surface area contributed by atoms with Gasteiger partial charge in [-0.05, 0) is 19.1 Å². The molecule has 0 aliphatic heterocycles. The first-order valence-electron chi connectivity index (χ1n) is 6.59. The third-order valence-corrected chi connectivity index (χ3v) is 3.23. The molecule has 0 unspecified atom stereocenters. The summed E-state index contributed by atoms with van der Waals surface area (Å²) in [7, 11) is 3.63. The van der Waals surface area contributed by atoms with Gasteiger partial charge in [0.05, 0.1) is 13.2 Å². The minimum atomic E-state index is -0.543. The summed E-state index contributed by atoms with van der Waals surface area (Å²) in [6, 6.07) is 11.6. The van der Waals surface area contributed by atoms with E-state index in [4.69, 9.17) is 4.74 Å². The SMILES string of the molecule is COc1ccccc1CN(C)c1ncccc1[C@@H](C)O. The molecule has 0 saturated carbocycles. The van der Waals surface area contributed by atoms with Gasteiger partial charge in [-0.2, -0.15) is 0 Å². The molecule has 20 heavy (non-hydrogen) atoms. The number of aliphatic hydroxyl groups is 1. The topological polar surface area (TPSA) is 45.6 Å². The zero-order chi connectivity index (χ0) is 14.5. The monoisotopic (exact) mass is 272 g/mol. The lowest BCUT2D eigenvalue weighted by Crippen LogP contribution is -2.20. The Morgan fingerprint density at radius 3 is 2.70 bits per heavy atom. The van der Waals surface area contributed by atoms with E-state index in [9.17, 15) is 5.11 Å². The van der Waals surface area contributed by atoms with E-state index >= 15 is 0 Å². The lowest BCUT2D eigenvalue weighted by molar-refractivity contribution is 0.199. The van der Waals surface area contributed by atoms with E-state index in [1.54, 1.807) is 20.2 Å². The van der Waals surface area contributed by atoms with Crippen LogP contribution >= 0.6 is 0 Å². The fourth-order valence-corrected chi connectivity index (χ4v) is 2.22. The normalized spacial score (nSPS) is 12.0. The van der Waals surface area contributed by atoms with Crippen LogP contribution in [0.3, 0.4) is 0 Å². The van der Waals surface area contributed by atoms with Gasteiger partial charge in [0.15, 0.2) is 0 Å². The smallest absolute Gasteiger partial charge is 0.134 e. The van der Waals surface area contributed by atoms with Crippen LogP contribution in [0.4, 0.5) is 5.82 Å². The van der Waals surface area contributed by atoms with Crippen molar-refractivity contribution in [2.24, 2.45) is 0 Å². The van der Waals surface area contributed by atoms with Crippen LogP contribution in [-0.2, 0) is 6.54 Å². The van der Waals surface area contributed by atoms with Crippen molar-refractivity contribution in [1.82, 2.24) is 4.98 Å². The fourth-order valence-electron chi connectivity index (χ4n) is 2.22. The minimum Gasteiger partial charge on any atom is -0.496 e. The number of ether oxygens (including phenoxy) is 1. The average Bonchev–Trinajstić information content (AvgIpc) is 2.47. The van der Waals surface area contributed by atoms with Gasteiger partial charge in [0.1, 0.15) is 11.6 Å². The first kappa shape index (κ1) is 14.3. The second-order valence-corrected chi connectivity index (χ2v) is 4.76. The molecule has 1 N–H and O–H groups in total. The Labute approximate surface area is 119 Å². The number of methoxy groups -OCH3 is 1. The molecule has 0 radical (unpaired) electrons. The number of hydrogen-bond donors (Lipinski definition) is 1. The number of aliphatic hydroxyl groups excluding tert-OH is 1. The second-order valence-electron chi connectivity index (χ2n) is 4.76. The van der Waals surface area contributed by atoms with Crippen LogP contribution in [0.1, 0.15) is 24.2 Å². The van der Waals surface area contributed by atoms with Gasteiger partial charge in [-0.15, -0.1) is 0 Å². The maximum absolute atomic E-state index is 9.83. The molecular weight excluding hydrogens is 252 g/mol. The summed E-state index contributed by atoms with van der Waals surface area (Å²) in [6.07, 6.45) is 1.19. The van der Waals surface area contributed by atoms with Crippen molar-refractivity contribution < 1.29 is 9.84 Å². The number of aromatic nitrogens is 1. The molecule has 106 valence electrons. The summed E-state index contributed by atoms with van der Waals surface area (Å²) >= 11 is 0. The van der Waals surface area contributed by atoms with Crippen LogP contribution < -0.4 is 9.64 Å². The average molecular weight is 272 g/mol. The molecule has 1 aromatic carbocycles. The highest BCUT2D eigenvalue weighted by Gasteiger charge is 2.14. The molecule has 1 aromatic heterocycles. The van der Waals surface area contributed by atoms with Crippen LogP contribution in [0.2, 0.25) is 0 Å². The number of nitrogens with zero attached hydrogens (tertiary/aromatic N) is 2. The highest BCUT2D eigenvalue weighted by Crippen LogP contribution is 2.26. The van der Waals surface area contributed by atoms with Gasteiger partial charge in [0.25, 0.3) is 0 Å². The van der Waals surface area contributed by atoms with Crippen LogP contribution in [-0.4, -0.2) is 24.2 Å². The Morgan fingerprint density at radius 1 is 1.25 bits per heavy atom. The molecule has 0 bridgehead atoms. The number of benzene rings is 1. The molecule has 0 aliphatic carbocycles. The Morgan fingerprint density at radius 2 is 2.00 bits per heavy atom. The largest absolute Gasteiger partial charge is 0.496 e. The van der Waals surface area contributed by atoms with Crippen LogP contribution in [0.5, 0.6) is 5.75 Å². The highest BCUT2D eigenvalue weighted by molar-refractivity contribution is 5.48. The molecule has 2 rings (SSSR count). The molecule has 0 saturated heterocycles. The Hall–Kier alpha value is -2.07. The standard InChI is InChI=1S/C16H20N2O2/c1-12(19)14-8-6-10-17-16(14)18(2)11-13-7-4-5-9-15(13)20-3/h4-10,12,19H,11H2,1-3H3/t12-/m1/s1. The molecule has 0 fully saturated rings. The van der Waals surface area contributed by atoms with E-state index in [2.05, 4.69) is 4.98 Å². The quantitative estimate of drug-likeness (QED) is 0.909. The van der Waals surface area contributed by atoms with Gasteiger partial charge < -0.3 is 14.7 Å². The molecular formula is C16H20N2O2. The Balaban J connectivity index is 2.26. The van der Waals surface area contributed by atoms with Crippen molar-refractivity contribution in [3.05, 3.63) is 53.7 Å². The van der Waals surface area contributed by atoms with Gasteiger partial charge >= 0.3 is 0 Å². The molecule has 0 spiro atoms. The van der Waals surface area contributed by atoms with E-state index < -0.39 is 6.10 Å².